The molecule has 0 spiro atoms. The van der Waals surface area contributed by atoms with E-state index in [0.29, 0.717) is 0 Å². The van der Waals surface area contributed by atoms with Crippen molar-refractivity contribution in [2.24, 2.45) is 0 Å². The molecule has 200 valence electrons. The summed E-state index contributed by atoms with van der Waals surface area (Å²) in [5.74, 6) is 0. The van der Waals surface area contributed by atoms with Crippen LogP contribution in [0, 0.1) is 6.92 Å². The number of hydrogen-bond donors (Lipinski definition) is 0. The van der Waals surface area contributed by atoms with E-state index in [2.05, 4.69) is 181 Å². The topological polar surface area (TPSA) is 6.48 Å². The van der Waals surface area contributed by atoms with Crippen LogP contribution in [0.1, 0.15) is 18.1 Å². The number of rotatable bonds is 8. The highest BCUT2D eigenvalue weighted by Gasteiger charge is 2.15. The van der Waals surface area contributed by atoms with Crippen LogP contribution in [0.15, 0.2) is 158 Å². The summed E-state index contributed by atoms with van der Waals surface area (Å²) >= 11 is 0. The standard InChI is InChI=1S/C39H34N2/c1-3-31-18-24-36(25-19-31)40(34-13-6-4-7-14-34)37-26-20-32(21-27-37)33-22-28-38(29-23-33)41(35-15-8-5-9-16-35)39-17-11-10-12-30(39)2/h4-29H,3H2,1-2H3. The van der Waals surface area contributed by atoms with E-state index in [0.717, 1.165) is 34.9 Å². The Morgan fingerprint density at radius 1 is 0.390 bits per heavy atom. The highest BCUT2D eigenvalue weighted by molar-refractivity contribution is 5.81. The zero-order valence-electron chi connectivity index (χ0n) is 23.6. The summed E-state index contributed by atoms with van der Waals surface area (Å²) in [4.78, 5) is 4.63. The van der Waals surface area contributed by atoms with Gasteiger partial charge in [-0.2, -0.15) is 0 Å². The minimum atomic E-state index is 1.03. The van der Waals surface area contributed by atoms with Crippen LogP contribution in [0.5, 0.6) is 0 Å². The third-order valence-electron chi connectivity index (χ3n) is 7.57. The molecule has 0 heterocycles. The molecule has 0 saturated heterocycles. The molecule has 0 fully saturated rings. The number of benzene rings is 6. The van der Waals surface area contributed by atoms with Crippen molar-refractivity contribution < 1.29 is 0 Å². The van der Waals surface area contributed by atoms with E-state index >= 15 is 0 Å². The molecule has 0 saturated carbocycles. The third kappa shape index (κ3) is 5.64. The SMILES string of the molecule is CCc1ccc(N(c2ccccc2)c2ccc(-c3ccc(N(c4ccccc4)c4ccccc4C)cc3)cc2)cc1. The maximum atomic E-state index is 2.32. The van der Waals surface area contributed by atoms with Crippen molar-refractivity contribution in [3.63, 3.8) is 0 Å². The summed E-state index contributed by atoms with van der Waals surface area (Å²) < 4.78 is 0. The predicted molar refractivity (Wildman–Crippen MR) is 175 cm³/mol. The van der Waals surface area contributed by atoms with Gasteiger partial charge in [0, 0.05) is 34.1 Å². The second-order valence-electron chi connectivity index (χ2n) is 10.2. The van der Waals surface area contributed by atoms with Gasteiger partial charge in [0.1, 0.15) is 0 Å². The van der Waals surface area contributed by atoms with Gasteiger partial charge < -0.3 is 9.80 Å². The highest BCUT2D eigenvalue weighted by Crippen LogP contribution is 2.38. The number of para-hydroxylation sites is 3. The van der Waals surface area contributed by atoms with E-state index in [1.807, 2.05) is 0 Å². The van der Waals surface area contributed by atoms with Crippen LogP contribution in [0.3, 0.4) is 0 Å². The first-order valence-electron chi connectivity index (χ1n) is 14.3. The second kappa shape index (κ2) is 12.0. The molecule has 0 radical (unpaired) electrons. The van der Waals surface area contributed by atoms with E-state index in [-0.39, 0.29) is 0 Å². The average Bonchev–Trinajstić information content (AvgIpc) is 3.04. The number of anilines is 6. The summed E-state index contributed by atoms with van der Waals surface area (Å²) in [6.07, 6.45) is 1.03. The molecule has 0 N–H and O–H groups in total. The van der Waals surface area contributed by atoms with Gasteiger partial charge in [0.15, 0.2) is 0 Å². The molecule has 0 aliphatic rings. The van der Waals surface area contributed by atoms with E-state index in [4.69, 9.17) is 0 Å². The summed E-state index contributed by atoms with van der Waals surface area (Å²) in [7, 11) is 0. The monoisotopic (exact) mass is 530 g/mol. The van der Waals surface area contributed by atoms with E-state index in [1.54, 1.807) is 0 Å². The van der Waals surface area contributed by atoms with Crippen LogP contribution >= 0.6 is 0 Å². The van der Waals surface area contributed by atoms with Crippen LogP contribution in [-0.4, -0.2) is 0 Å². The van der Waals surface area contributed by atoms with Crippen molar-refractivity contribution in [2.75, 3.05) is 9.80 Å². The molecule has 6 aromatic carbocycles. The molecule has 0 atom stereocenters. The molecule has 6 rings (SSSR count). The van der Waals surface area contributed by atoms with E-state index in [9.17, 15) is 0 Å². The maximum absolute atomic E-state index is 2.32. The van der Waals surface area contributed by atoms with Gasteiger partial charge in [-0.3, -0.25) is 0 Å². The molecule has 0 bridgehead atoms. The summed E-state index contributed by atoms with van der Waals surface area (Å²) in [6.45, 7) is 4.36. The second-order valence-corrected chi connectivity index (χ2v) is 10.2. The van der Waals surface area contributed by atoms with Crippen molar-refractivity contribution in [3.05, 3.63) is 169 Å². The Morgan fingerprint density at radius 3 is 1.27 bits per heavy atom. The molecule has 0 amide bonds. The molecule has 0 aromatic heterocycles. The van der Waals surface area contributed by atoms with E-state index < -0.39 is 0 Å². The molecule has 0 aliphatic carbocycles. The maximum Gasteiger partial charge on any atom is 0.0490 e. The van der Waals surface area contributed by atoms with Crippen LogP contribution in [-0.2, 0) is 6.42 Å². The number of nitrogens with zero attached hydrogens (tertiary/aromatic N) is 2. The summed E-state index contributed by atoms with van der Waals surface area (Å²) in [5.41, 5.74) is 11.9. The van der Waals surface area contributed by atoms with Crippen LogP contribution in [0.4, 0.5) is 34.1 Å². The Kier molecular flexibility index (Phi) is 7.64. The third-order valence-corrected chi connectivity index (χ3v) is 7.57. The lowest BCUT2D eigenvalue weighted by molar-refractivity contribution is 1.14. The average molecular weight is 531 g/mol. The zero-order chi connectivity index (χ0) is 28.0. The fourth-order valence-electron chi connectivity index (χ4n) is 5.33. The van der Waals surface area contributed by atoms with E-state index in [1.165, 1.54) is 27.9 Å². The lowest BCUT2D eigenvalue weighted by atomic mass is 10.0. The molecule has 0 aliphatic heterocycles. The first-order valence-corrected chi connectivity index (χ1v) is 14.3. The Hall–Kier alpha value is -5.08. The Morgan fingerprint density at radius 2 is 0.780 bits per heavy atom. The Labute approximate surface area is 243 Å². The highest BCUT2D eigenvalue weighted by atomic mass is 15.1. The number of aryl methyl sites for hydroxylation is 2. The van der Waals surface area contributed by atoms with Crippen LogP contribution < -0.4 is 9.80 Å². The lowest BCUT2D eigenvalue weighted by Gasteiger charge is -2.27. The molecule has 6 aromatic rings. The van der Waals surface area contributed by atoms with Gasteiger partial charge in [-0.05, 0) is 102 Å². The van der Waals surface area contributed by atoms with Gasteiger partial charge in [0.25, 0.3) is 0 Å². The van der Waals surface area contributed by atoms with Crippen molar-refractivity contribution in [1.29, 1.82) is 0 Å². The van der Waals surface area contributed by atoms with Gasteiger partial charge >= 0.3 is 0 Å². The van der Waals surface area contributed by atoms with Gasteiger partial charge in [0.2, 0.25) is 0 Å². The smallest absolute Gasteiger partial charge is 0.0490 e. The van der Waals surface area contributed by atoms with Gasteiger partial charge in [-0.1, -0.05) is 97.9 Å². The molecular formula is C39H34N2. The van der Waals surface area contributed by atoms with Crippen molar-refractivity contribution in [1.82, 2.24) is 0 Å². The van der Waals surface area contributed by atoms with Crippen molar-refractivity contribution >= 4 is 34.1 Å². The minimum absolute atomic E-state index is 1.03. The molecule has 0 unspecified atom stereocenters. The largest absolute Gasteiger partial charge is 0.311 e. The normalized spacial score (nSPS) is 10.8. The van der Waals surface area contributed by atoms with Gasteiger partial charge in [-0.15, -0.1) is 0 Å². The fourth-order valence-corrected chi connectivity index (χ4v) is 5.33. The number of hydrogen-bond acceptors (Lipinski definition) is 2. The Bertz CT molecular complexity index is 1690. The first-order chi connectivity index (χ1) is 20.2. The van der Waals surface area contributed by atoms with Crippen molar-refractivity contribution in [2.45, 2.75) is 20.3 Å². The molecular weight excluding hydrogens is 496 g/mol. The van der Waals surface area contributed by atoms with Gasteiger partial charge in [-0.25, -0.2) is 0 Å². The van der Waals surface area contributed by atoms with Crippen LogP contribution in [0.2, 0.25) is 0 Å². The predicted octanol–water partition coefficient (Wildman–Crippen LogP) is 11.2. The van der Waals surface area contributed by atoms with Crippen molar-refractivity contribution in [3.8, 4) is 11.1 Å². The lowest BCUT2D eigenvalue weighted by Crippen LogP contribution is -2.11. The minimum Gasteiger partial charge on any atom is -0.311 e. The zero-order valence-corrected chi connectivity index (χ0v) is 23.6. The quantitative estimate of drug-likeness (QED) is 0.193. The Balaban J connectivity index is 1.32. The van der Waals surface area contributed by atoms with Crippen LogP contribution in [0.25, 0.3) is 11.1 Å². The molecule has 41 heavy (non-hydrogen) atoms. The summed E-state index contributed by atoms with van der Waals surface area (Å²) in [5, 5.41) is 0. The molecule has 2 nitrogen and oxygen atoms in total. The fraction of sp³-hybridized carbons (Fsp3) is 0.0769. The van der Waals surface area contributed by atoms with Gasteiger partial charge in [0.05, 0.1) is 0 Å². The summed E-state index contributed by atoms with van der Waals surface area (Å²) in [6, 6.07) is 56.3. The molecule has 2 heteroatoms. The first kappa shape index (κ1) is 26.2.